The summed E-state index contributed by atoms with van der Waals surface area (Å²) in [5.41, 5.74) is 1.15. The molecule has 0 atom stereocenters. The predicted molar refractivity (Wildman–Crippen MR) is 68.5 cm³/mol. The van der Waals surface area contributed by atoms with Gasteiger partial charge in [-0.15, -0.1) is 10.2 Å². The summed E-state index contributed by atoms with van der Waals surface area (Å²) in [6, 6.07) is 8.22. The molecule has 1 N–H and O–H groups in total. The van der Waals surface area contributed by atoms with Gasteiger partial charge in [-0.2, -0.15) is 0 Å². The maximum absolute atomic E-state index is 9.27. The van der Waals surface area contributed by atoms with Crippen molar-refractivity contribution < 1.29 is 5.11 Å². The van der Waals surface area contributed by atoms with Crippen molar-refractivity contribution in [2.24, 2.45) is 0 Å². The van der Waals surface area contributed by atoms with Crippen molar-refractivity contribution in [3.63, 3.8) is 0 Å². The smallest absolute Gasteiger partial charge is 0.159 e. The monoisotopic (exact) mass is 263 g/mol. The van der Waals surface area contributed by atoms with E-state index in [9.17, 15) is 5.11 Å². The Bertz CT molecular complexity index is 546. The lowest BCUT2D eigenvalue weighted by Gasteiger charge is -2.07. The minimum absolute atomic E-state index is 0.0515. The topological polar surface area (TPSA) is 50.9 Å². The number of rotatable bonds is 4. The third-order valence-corrected chi connectivity index (χ3v) is 3.42. The highest BCUT2D eigenvalue weighted by molar-refractivity contribution is 6.30. The highest BCUT2D eigenvalue weighted by atomic mass is 35.5. The van der Waals surface area contributed by atoms with Crippen molar-refractivity contribution in [1.29, 1.82) is 0 Å². The van der Waals surface area contributed by atoms with E-state index in [-0.39, 0.29) is 6.61 Å². The second kappa shape index (κ2) is 4.71. The van der Waals surface area contributed by atoms with Gasteiger partial charge in [0.1, 0.15) is 12.4 Å². The second-order valence-electron chi connectivity index (χ2n) is 4.59. The van der Waals surface area contributed by atoms with Crippen LogP contribution in [-0.4, -0.2) is 19.9 Å². The van der Waals surface area contributed by atoms with E-state index < -0.39 is 0 Å². The Morgan fingerprint density at radius 1 is 1.17 bits per heavy atom. The van der Waals surface area contributed by atoms with E-state index in [1.165, 1.54) is 0 Å². The fourth-order valence-corrected chi connectivity index (χ4v) is 2.25. The average Bonchev–Trinajstić information content (AvgIpc) is 3.14. The van der Waals surface area contributed by atoms with Crippen LogP contribution in [0.3, 0.4) is 0 Å². The molecule has 0 spiro atoms. The van der Waals surface area contributed by atoms with Crippen LogP contribution in [0.4, 0.5) is 0 Å². The molecule has 18 heavy (non-hydrogen) atoms. The summed E-state index contributed by atoms with van der Waals surface area (Å²) in [6.07, 6.45) is 3.03. The van der Waals surface area contributed by atoms with Gasteiger partial charge in [-0.05, 0) is 30.5 Å². The van der Waals surface area contributed by atoms with Gasteiger partial charge in [0.25, 0.3) is 0 Å². The number of hydrogen-bond acceptors (Lipinski definition) is 3. The van der Waals surface area contributed by atoms with E-state index in [0.29, 0.717) is 11.9 Å². The third-order valence-electron chi connectivity index (χ3n) is 3.17. The summed E-state index contributed by atoms with van der Waals surface area (Å²) in [4.78, 5) is 0. The molecule has 0 radical (unpaired) electrons. The normalized spacial score (nSPS) is 15.0. The molecule has 94 valence electrons. The quantitative estimate of drug-likeness (QED) is 0.921. The van der Waals surface area contributed by atoms with Gasteiger partial charge in [-0.25, -0.2) is 0 Å². The summed E-state index contributed by atoms with van der Waals surface area (Å²) in [6.45, 7) is -0.0515. The first kappa shape index (κ1) is 11.7. The number of hydrogen-bond donors (Lipinski definition) is 1. The van der Waals surface area contributed by atoms with Crippen LogP contribution in [0.25, 0.3) is 0 Å². The molecule has 1 aliphatic carbocycles. The van der Waals surface area contributed by atoms with Gasteiger partial charge in [-0.3, -0.25) is 0 Å². The minimum atomic E-state index is -0.0515. The molecule has 0 unspecified atom stereocenters. The summed E-state index contributed by atoms with van der Waals surface area (Å²) >= 11 is 5.87. The SMILES string of the molecule is OCc1nnc(Cc2ccc(Cl)cc2)n1C1CC1. The number of aromatic nitrogens is 3. The summed E-state index contributed by atoms with van der Waals surface area (Å²) in [7, 11) is 0. The first-order chi connectivity index (χ1) is 8.78. The number of benzene rings is 1. The maximum atomic E-state index is 9.27. The molecule has 0 aliphatic heterocycles. The van der Waals surface area contributed by atoms with Gasteiger partial charge >= 0.3 is 0 Å². The van der Waals surface area contributed by atoms with Crippen molar-refractivity contribution in [3.05, 3.63) is 46.5 Å². The molecule has 4 nitrogen and oxygen atoms in total. The fourth-order valence-electron chi connectivity index (χ4n) is 2.13. The van der Waals surface area contributed by atoms with Crippen molar-refractivity contribution in [2.75, 3.05) is 0 Å². The highest BCUT2D eigenvalue weighted by Gasteiger charge is 2.28. The van der Waals surface area contributed by atoms with Crippen molar-refractivity contribution in [1.82, 2.24) is 14.8 Å². The summed E-state index contributed by atoms with van der Waals surface area (Å²) in [5, 5.41) is 18.2. The van der Waals surface area contributed by atoms with Crippen LogP contribution >= 0.6 is 11.6 Å². The van der Waals surface area contributed by atoms with E-state index in [2.05, 4.69) is 14.8 Å². The molecule has 1 heterocycles. The number of nitrogens with zero attached hydrogens (tertiary/aromatic N) is 3. The van der Waals surface area contributed by atoms with Crippen LogP contribution in [0.1, 0.15) is 36.1 Å². The number of aliphatic hydroxyl groups excluding tert-OH is 1. The highest BCUT2D eigenvalue weighted by Crippen LogP contribution is 2.37. The Balaban J connectivity index is 1.88. The van der Waals surface area contributed by atoms with Gasteiger partial charge in [0.15, 0.2) is 5.82 Å². The molecule has 1 aromatic carbocycles. The van der Waals surface area contributed by atoms with E-state index in [0.717, 1.165) is 35.7 Å². The Morgan fingerprint density at radius 2 is 1.83 bits per heavy atom. The van der Waals surface area contributed by atoms with E-state index in [4.69, 9.17) is 11.6 Å². The second-order valence-corrected chi connectivity index (χ2v) is 5.03. The molecule has 1 aliphatic rings. The summed E-state index contributed by atoms with van der Waals surface area (Å²) < 4.78 is 2.08. The van der Waals surface area contributed by atoms with Gasteiger partial charge < -0.3 is 9.67 Å². The molecule has 1 fully saturated rings. The minimum Gasteiger partial charge on any atom is -0.388 e. The molecular weight excluding hydrogens is 250 g/mol. The Hall–Kier alpha value is -1.39. The standard InChI is InChI=1S/C13H14ClN3O/c14-10-3-1-9(2-4-10)7-12-15-16-13(8-18)17(12)11-5-6-11/h1-4,11,18H,5-8H2. The zero-order valence-corrected chi connectivity index (χ0v) is 10.6. The van der Waals surface area contributed by atoms with Crippen LogP contribution in [0.5, 0.6) is 0 Å². The van der Waals surface area contributed by atoms with E-state index >= 15 is 0 Å². The van der Waals surface area contributed by atoms with E-state index in [1.54, 1.807) is 0 Å². The van der Waals surface area contributed by atoms with Crippen molar-refractivity contribution >= 4 is 11.6 Å². The Labute approximate surface area is 110 Å². The van der Waals surface area contributed by atoms with Gasteiger partial charge in [0.2, 0.25) is 0 Å². The fraction of sp³-hybridized carbons (Fsp3) is 0.385. The molecule has 1 aromatic heterocycles. The molecule has 0 saturated heterocycles. The maximum Gasteiger partial charge on any atom is 0.159 e. The van der Waals surface area contributed by atoms with Gasteiger partial charge in [-0.1, -0.05) is 23.7 Å². The molecule has 0 bridgehead atoms. The number of halogens is 1. The zero-order valence-electron chi connectivity index (χ0n) is 9.88. The third kappa shape index (κ3) is 2.26. The van der Waals surface area contributed by atoms with Crippen LogP contribution in [0.15, 0.2) is 24.3 Å². The van der Waals surface area contributed by atoms with Crippen LogP contribution in [0.2, 0.25) is 5.02 Å². The molecule has 1 saturated carbocycles. The molecule has 2 aromatic rings. The molecular formula is C13H14ClN3O. The Kier molecular flexibility index (Phi) is 3.06. The van der Waals surface area contributed by atoms with E-state index in [1.807, 2.05) is 24.3 Å². The average molecular weight is 264 g/mol. The lowest BCUT2D eigenvalue weighted by atomic mass is 10.1. The molecule has 5 heteroatoms. The van der Waals surface area contributed by atoms with Crippen LogP contribution in [-0.2, 0) is 13.0 Å². The first-order valence-corrected chi connectivity index (χ1v) is 6.43. The molecule has 3 rings (SSSR count). The zero-order chi connectivity index (χ0) is 12.5. The van der Waals surface area contributed by atoms with Crippen molar-refractivity contribution in [2.45, 2.75) is 31.9 Å². The summed E-state index contributed by atoms with van der Waals surface area (Å²) in [5.74, 6) is 1.59. The van der Waals surface area contributed by atoms with Crippen molar-refractivity contribution in [3.8, 4) is 0 Å². The predicted octanol–water partition coefficient (Wildman–Crippen LogP) is 2.35. The Morgan fingerprint density at radius 3 is 2.44 bits per heavy atom. The first-order valence-electron chi connectivity index (χ1n) is 6.06. The van der Waals surface area contributed by atoms with Gasteiger partial charge in [0.05, 0.1) is 0 Å². The molecule has 0 amide bonds. The van der Waals surface area contributed by atoms with Crippen LogP contribution in [0, 0.1) is 0 Å². The lowest BCUT2D eigenvalue weighted by Crippen LogP contribution is -2.06. The lowest BCUT2D eigenvalue weighted by molar-refractivity contribution is 0.264. The van der Waals surface area contributed by atoms with Crippen LogP contribution < -0.4 is 0 Å². The largest absolute Gasteiger partial charge is 0.388 e. The van der Waals surface area contributed by atoms with Gasteiger partial charge in [0, 0.05) is 17.5 Å². The number of aliphatic hydroxyl groups is 1.